The summed E-state index contributed by atoms with van der Waals surface area (Å²) in [5.74, 6) is 1.14. The largest absolute Gasteiger partial charge is 0.497 e. The van der Waals surface area contributed by atoms with Crippen LogP contribution in [-0.2, 0) is 14.6 Å². The Morgan fingerprint density at radius 1 is 0.839 bits per heavy atom. The van der Waals surface area contributed by atoms with Gasteiger partial charge in [0.05, 0.1) is 29.1 Å². The zero-order valence-electron chi connectivity index (χ0n) is 17.4. The van der Waals surface area contributed by atoms with E-state index in [1.165, 1.54) is 24.3 Å². The number of methoxy groups -OCH3 is 1. The van der Waals surface area contributed by atoms with Crippen LogP contribution >= 0.6 is 0 Å². The van der Waals surface area contributed by atoms with Crippen LogP contribution in [0.5, 0.6) is 17.2 Å². The average molecular weight is 441 g/mol. The van der Waals surface area contributed by atoms with Gasteiger partial charge in [-0.15, -0.1) is 0 Å². The number of ether oxygens (including phenoxy) is 3. The summed E-state index contributed by atoms with van der Waals surface area (Å²) in [5.41, 5.74) is 0.0252. The van der Waals surface area contributed by atoms with Gasteiger partial charge in [-0.3, -0.25) is 0 Å². The molecule has 0 amide bonds. The SMILES string of the molecule is CCCCOC(=O)c1ccccc1S(=O)(=O)c1ccc(Oc2ccc(OC)cc2)cc1. The molecule has 0 aromatic heterocycles. The summed E-state index contributed by atoms with van der Waals surface area (Å²) in [6, 6.07) is 19.1. The van der Waals surface area contributed by atoms with E-state index < -0.39 is 15.8 Å². The van der Waals surface area contributed by atoms with Crippen molar-refractivity contribution in [2.24, 2.45) is 0 Å². The molecule has 31 heavy (non-hydrogen) atoms. The van der Waals surface area contributed by atoms with Crippen molar-refractivity contribution in [1.29, 1.82) is 0 Å². The highest BCUT2D eigenvalue weighted by molar-refractivity contribution is 7.91. The Hall–Kier alpha value is -3.32. The van der Waals surface area contributed by atoms with Gasteiger partial charge in [0.15, 0.2) is 0 Å². The quantitative estimate of drug-likeness (QED) is 0.333. The monoisotopic (exact) mass is 440 g/mol. The van der Waals surface area contributed by atoms with Crippen LogP contribution in [0.1, 0.15) is 30.1 Å². The zero-order valence-corrected chi connectivity index (χ0v) is 18.2. The number of carbonyl (C=O) groups excluding carboxylic acids is 1. The molecule has 0 bridgehead atoms. The lowest BCUT2D eigenvalue weighted by molar-refractivity contribution is 0.0495. The fourth-order valence-electron chi connectivity index (χ4n) is 2.85. The summed E-state index contributed by atoms with van der Waals surface area (Å²) in [4.78, 5) is 12.4. The topological polar surface area (TPSA) is 78.9 Å². The Balaban J connectivity index is 1.81. The second-order valence-electron chi connectivity index (χ2n) is 6.74. The van der Waals surface area contributed by atoms with Crippen molar-refractivity contribution in [3.63, 3.8) is 0 Å². The van der Waals surface area contributed by atoms with Crippen molar-refractivity contribution in [2.75, 3.05) is 13.7 Å². The smallest absolute Gasteiger partial charge is 0.339 e. The average Bonchev–Trinajstić information content (AvgIpc) is 2.80. The second kappa shape index (κ2) is 10.1. The number of hydrogen-bond acceptors (Lipinski definition) is 6. The summed E-state index contributed by atoms with van der Waals surface area (Å²) in [5, 5.41) is 0. The molecule has 0 aliphatic rings. The number of sulfone groups is 1. The molecule has 0 fully saturated rings. The third-order valence-corrected chi connectivity index (χ3v) is 6.38. The Kier molecular flexibility index (Phi) is 7.31. The highest BCUT2D eigenvalue weighted by Crippen LogP contribution is 2.28. The third-order valence-electron chi connectivity index (χ3n) is 4.56. The van der Waals surface area contributed by atoms with E-state index in [-0.39, 0.29) is 22.0 Å². The van der Waals surface area contributed by atoms with Gasteiger partial charge in [-0.2, -0.15) is 0 Å². The van der Waals surface area contributed by atoms with Gasteiger partial charge in [-0.1, -0.05) is 25.5 Å². The molecule has 0 unspecified atom stereocenters. The van der Waals surface area contributed by atoms with Crippen LogP contribution < -0.4 is 9.47 Å². The highest BCUT2D eigenvalue weighted by atomic mass is 32.2. The van der Waals surface area contributed by atoms with Gasteiger partial charge in [0.1, 0.15) is 17.2 Å². The molecule has 0 atom stereocenters. The van der Waals surface area contributed by atoms with Crippen LogP contribution in [0.25, 0.3) is 0 Å². The van der Waals surface area contributed by atoms with Gasteiger partial charge in [0, 0.05) is 0 Å². The summed E-state index contributed by atoms with van der Waals surface area (Å²) in [6.45, 7) is 2.23. The van der Waals surface area contributed by atoms with E-state index in [0.29, 0.717) is 17.2 Å². The molecular weight excluding hydrogens is 416 g/mol. The molecule has 0 spiro atoms. The molecule has 0 heterocycles. The molecule has 6 nitrogen and oxygen atoms in total. The van der Waals surface area contributed by atoms with Gasteiger partial charge >= 0.3 is 5.97 Å². The fraction of sp³-hybridized carbons (Fsp3) is 0.208. The van der Waals surface area contributed by atoms with Crippen LogP contribution in [0.4, 0.5) is 0 Å². The molecule has 0 saturated heterocycles. The number of carbonyl (C=O) groups is 1. The lowest BCUT2D eigenvalue weighted by Crippen LogP contribution is -2.13. The van der Waals surface area contributed by atoms with Crippen molar-refractivity contribution >= 4 is 15.8 Å². The van der Waals surface area contributed by atoms with Crippen LogP contribution in [0, 0.1) is 0 Å². The first-order valence-corrected chi connectivity index (χ1v) is 11.4. The molecule has 0 saturated carbocycles. The molecule has 0 N–H and O–H groups in total. The van der Waals surface area contributed by atoms with E-state index in [2.05, 4.69) is 0 Å². The summed E-state index contributed by atoms with van der Waals surface area (Å²) >= 11 is 0. The maximum absolute atomic E-state index is 13.2. The summed E-state index contributed by atoms with van der Waals surface area (Å²) in [7, 11) is -2.34. The molecule has 7 heteroatoms. The molecule has 0 radical (unpaired) electrons. The van der Waals surface area contributed by atoms with Gasteiger partial charge < -0.3 is 14.2 Å². The normalized spacial score (nSPS) is 11.0. The molecule has 0 aliphatic carbocycles. The van der Waals surface area contributed by atoms with Crippen LogP contribution in [0.3, 0.4) is 0 Å². The first kappa shape index (κ1) is 22.4. The highest BCUT2D eigenvalue weighted by Gasteiger charge is 2.25. The maximum atomic E-state index is 13.2. The number of hydrogen-bond donors (Lipinski definition) is 0. The van der Waals surface area contributed by atoms with Crippen LogP contribution in [0.2, 0.25) is 0 Å². The minimum Gasteiger partial charge on any atom is -0.497 e. The van der Waals surface area contributed by atoms with Gasteiger partial charge in [-0.25, -0.2) is 13.2 Å². The fourth-order valence-corrected chi connectivity index (χ4v) is 4.30. The predicted octanol–water partition coefficient (Wildman–Crippen LogP) is 5.28. The van der Waals surface area contributed by atoms with Crippen molar-refractivity contribution in [1.82, 2.24) is 0 Å². The van der Waals surface area contributed by atoms with E-state index in [4.69, 9.17) is 14.2 Å². The van der Waals surface area contributed by atoms with Crippen molar-refractivity contribution < 1.29 is 27.4 Å². The summed E-state index contributed by atoms with van der Waals surface area (Å²) in [6.07, 6.45) is 1.59. The maximum Gasteiger partial charge on any atom is 0.339 e. The van der Waals surface area contributed by atoms with E-state index in [1.807, 2.05) is 6.92 Å². The molecule has 162 valence electrons. The van der Waals surface area contributed by atoms with E-state index in [9.17, 15) is 13.2 Å². The van der Waals surface area contributed by atoms with Crippen molar-refractivity contribution in [2.45, 2.75) is 29.6 Å². The number of esters is 1. The zero-order chi connectivity index (χ0) is 22.3. The molecule has 0 aliphatic heterocycles. The van der Waals surface area contributed by atoms with Crippen LogP contribution in [0.15, 0.2) is 82.6 Å². The second-order valence-corrected chi connectivity index (χ2v) is 8.66. The number of rotatable bonds is 9. The Morgan fingerprint density at radius 2 is 1.42 bits per heavy atom. The number of unbranched alkanes of at least 4 members (excludes halogenated alkanes) is 1. The third kappa shape index (κ3) is 5.44. The standard InChI is InChI=1S/C24H24O6S/c1-3-4-17-29-24(25)22-7-5-6-8-23(22)31(26,27)21-15-13-20(14-16-21)30-19-11-9-18(28-2)10-12-19/h5-16H,3-4,17H2,1-2H3. The molecule has 3 aromatic rings. The Labute approximate surface area is 182 Å². The molecule has 3 rings (SSSR count). The van der Waals surface area contributed by atoms with Gasteiger partial charge in [0.25, 0.3) is 0 Å². The van der Waals surface area contributed by atoms with E-state index >= 15 is 0 Å². The lowest BCUT2D eigenvalue weighted by Gasteiger charge is -2.11. The minimum atomic E-state index is -3.92. The van der Waals surface area contributed by atoms with Crippen molar-refractivity contribution in [3.8, 4) is 17.2 Å². The molecular formula is C24H24O6S. The van der Waals surface area contributed by atoms with Crippen molar-refractivity contribution in [3.05, 3.63) is 78.4 Å². The number of benzene rings is 3. The Morgan fingerprint density at radius 3 is 2.03 bits per heavy atom. The van der Waals surface area contributed by atoms with E-state index in [1.54, 1.807) is 55.6 Å². The predicted molar refractivity (Wildman–Crippen MR) is 117 cm³/mol. The van der Waals surface area contributed by atoms with Gasteiger partial charge in [0.2, 0.25) is 9.84 Å². The van der Waals surface area contributed by atoms with E-state index in [0.717, 1.165) is 12.8 Å². The van der Waals surface area contributed by atoms with Crippen LogP contribution in [-0.4, -0.2) is 28.1 Å². The molecule has 3 aromatic carbocycles. The first-order chi connectivity index (χ1) is 15.0. The van der Waals surface area contributed by atoms with Gasteiger partial charge in [-0.05, 0) is 67.1 Å². The summed E-state index contributed by atoms with van der Waals surface area (Å²) < 4.78 is 42.4. The first-order valence-electron chi connectivity index (χ1n) is 9.89. The Bertz CT molecular complexity index is 1120. The minimum absolute atomic E-state index is 0.0252. The lowest BCUT2D eigenvalue weighted by atomic mass is 10.2.